The van der Waals surface area contributed by atoms with Crippen LogP contribution in [0.4, 0.5) is 4.39 Å². The molecule has 0 bridgehead atoms. The molecule has 24 heavy (non-hydrogen) atoms. The molecule has 2 aliphatic heterocycles. The molecule has 134 valence electrons. The first kappa shape index (κ1) is 19.2. The Morgan fingerprint density at radius 2 is 1.83 bits per heavy atom. The molecule has 0 aliphatic carbocycles. The largest absolute Gasteiger partial charge is 0.342 e. The highest BCUT2D eigenvalue weighted by Crippen LogP contribution is 2.23. The molecule has 3 nitrogen and oxygen atoms in total. The highest BCUT2D eigenvalue weighted by molar-refractivity contribution is 5.85. The quantitative estimate of drug-likeness (QED) is 0.878. The minimum Gasteiger partial charge on any atom is -0.342 e. The molecular weight excluding hydrogens is 327 g/mol. The molecule has 0 saturated carbocycles. The summed E-state index contributed by atoms with van der Waals surface area (Å²) in [6, 6.07) is 6.76. The molecule has 2 heterocycles. The fraction of sp³-hybridized carbons (Fsp3) is 0.632. The molecule has 3 rings (SSSR count). The van der Waals surface area contributed by atoms with Crippen molar-refractivity contribution in [2.45, 2.75) is 38.5 Å². The third-order valence-electron chi connectivity index (χ3n) is 5.30. The Morgan fingerprint density at radius 1 is 1.12 bits per heavy atom. The van der Waals surface area contributed by atoms with E-state index >= 15 is 0 Å². The smallest absolute Gasteiger partial charge is 0.222 e. The maximum Gasteiger partial charge on any atom is 0.222 e. The molecule has 1 amide bonds. The Kier molecular flexibility index (Phi) is 7.50. The lowest BCUT2D eigenvalue weighted by Crippen LogP contribution is -2.31. The van der Waals surface area contributed by atoms with Crippen LogP contribution in [0, 0.1) is 17.7 Å². The van der Waals surface area contributed by atoms with Crippen molar-refractivity contribution >= 4 is 18.3 Å². The molecule has 2 aliphatic rings. The monoisotopic (exact) mass is 354 g/mol. The standard InChI is InChI=1S/C19H27FN2O.ClH/c20-18-4-1-16(2-5-18)13-17-9-12-22(14-17)19(23)6-3-15-7-10-21-11-8-15;/h1-2,4-5,15,17,21H,3,6-14H2;1H. The fourth-order valence-corrected chi connectivity index (χ4v) is 3.84. The van der Waals surface area contributed by atoms with Gasteiger partial charge in [-0.1, -0.05) is 12.1 Å². The number of hydrogen-bond donors (Lipinski definition) is 1. The number of halogens is 2. The van der Waals surface area contributed by atoms with Crippen molar-refractivity contribution in [3.8, 4) is 0 Å². The molecule has 0 aromatic heterocycles. The summed E-state index contributed by atoms with van der Waals surface area (Å²) in [4.78, 5) is 14.4. The normalized spacial score (nSPS) is 21.5. The van der Waals surface area contributed by atoms with Gasteiger partial charge in [0.2, 0.25) is 5.91 Å². The summed E-state index contributed by atoms with van der Waals surface area (Å²) in [5.74, 6) is 1.38. The average Bonchev–Trinajstić information content (AvgIpc) is 3.04. The zero-order valence-corrected chi connectivity index (χ0v) is 15.0. The van der Waals surface area contributed by atoms with Crippen LogP contribution in [-0.4, -0.2) is 37.0 Å². The van der Waals surface area contributed by atoms with Crippen molar-refractivity contribution in [2.75, 3.05) is 26.2 Å². The Hall–Kier alpha value is -1.13. The van der Waals surface area contributed by atoms with E-state index < -0.39 is 0 Å². The number of amides is 1. The van der Waals surface area contributed by atoms with Crippen LogP contribution in [0.25, 0.3) is 0 Å². The molecule has 1 aromatic rings. The fourth-order valence-electron chi connectivity index (χ4n) is 3.84. The molecule has 1 aromatic carbocycles. The van der Waals surface area contributed by atoms with Gasteiger partial charge >= 0.3 is 0 Å². The van der Waals surface area contributed by atoms with Gasteiger partial charge in [-0.25, -0.2) is 4.39 Å². The van der Waals surface area contributed by atoms with E-state index in [1.165, 1.54) is 30.5 Å². The van der Waals surface area contributed by atoms with Crippen molar-refractivity contribution in [1.29, 1.82) is 0 Å². The molecule has 2 fully saturated rings. The molecule has 1 atom stereocenters. The van der Waals surface area contributed by atoms with Gasteiger partial charge in [0.25, 0.3) is 0 Å². The van der Waals surface area contributed by atoms with E-state index in [4.69, 9.17) is 0 Å². The number of rotatable bonds is 5. The number of nitrogens with one attached hydrogen (secondary N) is 1. The minimum absolute atomic E-state index is 0. The topological polar surface area (TPSA) is 32.3 Å². The van der Waals surface area contributed by atoms with E-state index in [9.17, 15) is 9.18 Å². The molecule has 0 spiro atoms. The zero-order valence-electron chi connectivity index (χ0n) is 14.2. The van der Waals surface area contributed by atoms with Crippen LogP contribution in [0.2, 0.25) is 0 Å². The van der Waals surface area contributed by atoms with Crippen molar-refractivity contribution in [3.05, 3.63) is 35.6 Å². The van der Waals surface area contributed by atoms with Crippen LogP contribution in [-0.2, 0) is 11.2 Å². The lowest BCUT2D eigenvalue weighted by Gasteiger charge is -2.23. The summed E-state index contributed by atoms with van der Waals surface area (Å²) in [6.45, 7) is 3.95. The van der Waals surface area contributed by atoms with Gasteiger partial charge in [0.05, 0.1) is 0 Å². The van der Waals surface area contributed by atoms with Crippen LogP contribution in [0.5, 0.6) is 0 Å². The average molecular weight is 355 g/mol. The van der Waals surface area contributed by atoms with Crippen molar-refractivity contribution < 1.29 is 9.18 Å². The van der Waals surface area contributed by atoms with Crippen LogP contribution in [0.3, 0.4) is 0 Å². The van der Waals surface area contributed by atoms with Gasteiger partial charge in [0.1, 0.15) is 5.82 Å². The van der Waals surface area contributed by atoms with Gasteiger partial charge in [-0.05, 0) is 74.7 Å². The summed E-state index contributed by atoms with van der Waals surface area (Å²) in [5.41, 5.74) is 1.17. The van der Waals surface area contributed by atoms with E-state index in [1.807, 2.05) is 17.0 Å². The van der Waals surface area contributed by atoms with E-state index in [-0.39, 0.29) is 18.2 Å². The molecule has 1 unspecified atom stereocenters. The van der Waals surface area contributed by atoms with Gasteiger partial charge in [0.15, 0.2) is 0 Å². The van der Waals surface area contributed by atoms with Crippen LogP contribution < -0.4 is 5.32 Å². The van der Waals surface area contributed by atoms with Gasteiger partial charge in [-0.15, -0.1) is 12.4 Å². The first-order valence-corrected chi connectivity index (χ1v) is 8.93. The molecular formula is C19H28ClFN2O. The maximum absolute atomic E-state index is 12.9. The highest BCUT2D eigenvalue weighted by Gasteiger charge is 2.26. The Bertz CT molecular complexity index is 517. The SMILES string of the molecule is Cl.O=C(CCC1CCNCC1)N1CCC(Cc2ccc(F)cc2)C1. The van der Waals surface area contributed by atoms with Gasteiger partial charge in [0, 0.05) is 19.5 Å². The maximum atomic E-state index is 12.9. The summed E-state index contributed by atoms with van der Waals surface area (Å²) in [7, 11) is 0. The summed E-state index contributed by atoms with van der Waals surface area (Å²) in [6.07, 6.45) is 6.17. The number of benzene rings is 1. The van der Waals surface area contributed by atoms with Crippen molar-refractivity contribution in [2.24, 2.45) is 11.8 Å². The number of nitrogens with zero attached hydrogens (tertiary/aromatic N) is 1. The van der Waals surface area contributed by atoms with Crippen LogP contribution in [0.15, 0.2) is 24.3 Å². The lowest BCUT2D eigenvalue weighted by molar-refractivity contribution is -0.130. The Morgan fingerprint density at radius 3 is 2.54 bits per heavy atom. The van der Waals surface area contributed by atoms with E-state index in [2.05, 4.69) is 5.32 Å². The number of piperidine rings is 1. The summed E-state index contributed by atoms with van der Waals surface area (Å²) in [5, 5.41) is 3.37. The third kappa shape index (κ3) is 5.45. The summed E-state index contributed by atoms with van der Waals surface area (Å²) < 4.78 is 12.9. The number of likely N-dealkylation sites (tertiary alicyclic amines) is 1. The summed E-state index contributed by atoms with van der Waals surface area (Å²) >= 11 is 0. The number of carbonyl (C=O) groups excluding carboxylic acids is 1. The lowest BCUT2D eigenvalue weighted by atomic mass is 9.93. The van der Waals surface area contributed by atoms with E-state index in [0.29, 0.717) is 18.2 Å². The number of carbonyl (C=O) groups is 1. The second-order valence-electron chi connectivity index (χ2n) is 7.06. The zero-order chi connectivity index (χ0) is 16.1. The molecule has 2 saturated heterocycles. The molecule has 5 heteroatoms. The second-order valence-corrected chi connectivity index (χ2v) is 7.06. The van der Waals surface area contributed by atoms with Crippen LogP contribution >= 0.6 is 12.4 Å². The van der Waals surface area contributed by atoms with Crippen LogP contribution in [0.1, 0.15) is 37.7 Å². The van der Waals surface area contributed by atoms with E-state index in [0.717, 1.165) is 51.4 Å². The third-order valence-corrected chi connectivity index (χ3v) is 5.30. The van der Waals surface area contributed by atoms with Gasteiger partial charge < -0.3 is 10.2 Å². The molecule has 0 radical (unpaired) electrons. The first-order valence-electron chi connectivity index (χ1n) is 8.93. The Labute approximate surface area is 150 Å². The second kappa shape index (κ2) is 9.38. The molecule has 1 N–H and O–H groups in total. The van der Waals surface area contributed by atoms with E-state index in [1.54, 1.807) is 0 Å². The highest BCUT2D eigenvalue weighted by atomic mass is 35.5. The Balaban J connectivity index is 0.00000208. The predicted octanol–water partition coefficient (Wildman–Crippen LogP) is 3.42. The van der Waals surface area contributed by atoms with Gasteiger partial charge in [-0.3, -0.25) is 4.79 Å². The predicted molar refractivity (Wildman–Crippen MR) is 96.9 cm³/mol. The number of hydrogen-bond acceptors (Lipinski definition) is 2. The first-order chi connectivity index (χ1) is 11.2. The van der Waals surface area contributed by atoms with Gasteiger partial charge in [-0.2, -0.15) is 0 Å². The van der Waals surface area contributed by atoms with Crippen molar-refractivity contribution in [1.82, 2.24) is 10.2 Å². The van der Waals surface area contributed by atoms with Crippen molar-refractivity contribution in [3.63, 3.8) is 0 Å². The minimum atomic E-state index is -0.185.